The van der Waals surface area contributed by atoms with Gasteiger partial charge >= 0.3 is 5.97 Å². The highest BCUT2D eigenvalue weighted by Gasteiger charge is 2.17. The topological polar surface area (TPSA) is 69.0 Å². The summed E-state index contributed by atoms with van der Waals surface area (Å²) >= 11 is 0. The van der Waals surface area contributed by atoms with Gasteiger partial charge in [-0.1, -0.05) is 12.1 Å². The van der Waals surface area contributed by atoms with Gasteiger partial charge in [0.25, 0.3) is 5.91 Å². The van der Waals surface area contributed by atoms with Crippen LogP contribution < -0.4 is 4.74 Å². The predicted molar refractivity (Wildman–Crippen MR) is 104 cm³/mol. The molecule has 7 heteroatoms. The molecule has 1 aromatic heterocycles. The Morgan fingerprint density at radius 3 is 2.55 bits per heavy atom. The number of ether oxygens (including phenoxy) is 2. The molecule has 3 aromatic rings. The highest BCUT2D eigenvalue weighted by atomic mass is 19.1. The van der Waals surface area contributed by atoms with Crippen LogP contribution in [-0.4, -0.2) is 37.5 Å². The molecule has 0 saturated heterocycles. The first kappa shape index (κ1) is 20.1. The molecule has 6 nitrogen and oxygen atoms in total. The van der Waals surface area contributed by atoms with E-state index in [0.29, 0.717) is 23.6 Å². The minimum absolute atomic E-state index is 0.0347. The third-order valence-electron chi connectivity index (χ3n) is 4.24. The van der Waals surface area contributed by atoms with E-state index in [2.05, 4.69) is 0 Å². The van der Waals surface area contributed by atoms with Crippen molar-refractivity contribution < 1.29 is 27.9 Å². The van der Waals surface area contributed by atoms with Gasteiger partial charge in [0, 0.05) is 19.2 Å². The first-order valence-corrected chi connectivity index (χ1v) is 8.86. The monoisotopic (exact) mass is 397 g/mol. The largest absolute Gasteiger partial charge is 0.497 e. The van der Waals surface area contributed by atoms with Crippen molar-refractivity contribution in [3.63, 3.8) is 0 Å². The number of furan rings is 1. The van der Waals surface area contributed by atoms with Crippen LogP contribution in [0.25, 0.3) is 11.3 Å². The summed E-state index contributed by atoms with van der Waals surface area (Å²) in [7, 11) is 3.19. The second-order valence-electron chi connectivity index (χ2n) is 6.35. The lowest BCUT2D eigenvalue weighted by atomic mass is 10.2. The molecule has 0 fully saturated rings. The third kappa shape index (κ3) is 5.22. The smallest absolute Gasteiger partial charge is 0.374 e. The van der Waals surface area contributed by atoms with Crippen LogP contribution in [0.1, 0.15) is 16.1 Å². The molecular formula is C22H20FNO5. The second-order valence-corrected chi connectivity index (χ2v) is 6.35. The van der Waals surface area contributed by atoms with Crippen LogP contribution in [-0.2, 0) is 16.1 Å². The number of methoxy groups -OCH3 is 1. The van der Waals surface area contributed by atoms with Crippen molar-refractivity contribution in [1.29, 1.82) is 0 Å². The molecule has 0 atom stereocenters. The fraction of sp³-hybridized carbons (Fsp3) is 0.182. The Morgan fingerprint density at radius 1 is 1.07 bits per heavy atom. The molecule has 0 radical (unpaired) electrons. The fourth-order valence-corrected chi connectivity index (χ4v) is 2.66. The number of esters is 1. The van der Waals surface area contributed by atoms with Crippen LogP contribution in [0.3, 0.4) is 0 Å². The molecule has 3 rings (SSSR count). The van der Waals surface area contributed by atoms with Gasteiger partial charge in [-0.3, -0.25) is 4.79 Å². The zero-order valence-electron chi connectivity index (χ0n) is 16.1. The number of carbonyl (C=O) groups excluding carboxylic acids is 2. The number of amides is 1. The Hall–Kier alpha value is -3.61. The molecule has 0 aliphatic heterocycles. The van der Waals surface area contributed by atoms with Gasteiger partial charge in [0.15, 0.2) is 6.61 Å². The number of halogens is 1. The van der Waals surface area contributed by atoms with Gasteiger partial charge in [0.05, 0.1) is 7.11 Å². The first-order chi connectivity index (χ1) is 14.0. The summed E-state index contributed by atoms with van der Waals surface area (Å²) in [4.78, 5) is 25.8. The Balaban J connectivity index is 1.54. The molecule has 150 valence electrons. The Bertz CT molecular complexity index is 996. The summed E-state index contributed by atoms with van der Waals surface area (Å²) < 4.78 is 28.7. The van der Waals surface area contributed by atoms with E-state index in [0.717, 1.165) is 5.56 Å². The van der Waals surface area contributed by atoms with Crippen LogP contribution >= 0.6 is 0 Å². The molecule has 1 amide bonds. The standard InChI is InChI=1S/C22H20FNO5/c1-24(13-15-4-3-5-18(12-15)27-2)21(25)14-28-22(26)20-11-10-19(29-20)16-6-8-17(23)9-7-16/h3-12H,13-14H2,1-2H3. The summed E-state index contributed by atoms with van der Waals surface area (Å²) in [5.74, 6) is -0.403. The van der Waals surface area contributed by atoms with Crippen molar-refractivity contribution in [2.45, 2.75) is 6.54 Å². The van der Waals surface area contributed by atoms with Crippen molar-refractivity contribution >= 4 is 11.9 Å². The molecule has 1 heterocycles. The predicted octanol–water partition coefficient (Wildman–Crippen LogP) is 3.91. The van der Waals surface area contributed by atoms with Crippen molar-refractivity contribution in [3.05, 3.63) is 77.8 Å². The average Bonchev–Trinajstić information content (AvgIpc) is 3.22. The zero-order chi connectivity index (χ0) is 20.8. The molecule has 0 unspecified atom stereocenters. The van der Waals surface area contributed by atoms with Crippen LogP contribution in [0.15, 0.2) is 65.1 Å². The van der Waals surface area contributed by atoms with E-state index in [9.17, 15) is 14.0 Å². The van der Waals surface area contributed by atoms with Crippen molar-refractivity contribution in [2.75, 3.05) is 20.8 Å². The molecule has 2 aromatic carbocycles. The third-order valence-corrected chi connectivity index (χ3v) is 4.24. The van der Waals surface area contributed by atoms with Gasteiger partial charge in [-0.05, 0) is 54.1 Å². The molecule has 0 aliphatic carbocycles. The number of rotatable bonds is 7. The molecule has 0 aliphatic rings. The number of hydrogen-bond donors (Lipinski definition) is 0. The number of likely N-dealkylation sites (N-methyl/N-ethyl adjacent to an activating group) is 1. The van der Waals surface area contributed by atoms with E-state index in [1.165, 1.54) is 23.1 Å². The molecule has 0 saturated carbocycles. The van der Waals surface area contributed by atoms with E-state index in [4.69, 9.17) is 13.9 Å². The highest BCUT2D eigenvalue weighted by molar-refractivity contribution is 5.89. The van der Waals surface area contributed by atoms with Crippen LogP contribution in [0.4, 0.5) is 4.39 Å². The maximum Gasteiger partial charge on any atom is 0.374 e. The fourth-order valence-electron chi connectivity index (χ4n) is 2.66. The van der Waals surface area contributed by atoms with Gasteiger partial charge in [-0.2, -0.15) is 0 Å². The van der Waals surface area contributed by atoms with Crippen LogP contribution in [0.2, 0.25) is 0 Å². The first-order valence-electron chi connectivity index (χ1n) is 8.86. The molecule has 0 bridgehead atoms. The Labute approximate surface area is 167 Å². The summed E-state index contributed by atoms with van der Waals surface area (Å²) in [5, 5.41) is 0. The van der Waals surface area contributed by atoms with E-state index >= 15 is 0 Å². The lowest BCUT2D eigenvalue weighted by molar-refractivity contribution is -0.133. The number of hydrogen-bond acceptors (Lipinski definition) is 5. The van der Waals surface area contributed by atoms with Crippen LogP contribution in [0.5, 0.6) is 5.75 Å². The Morgan fingerprint density at radius 2 is 1.83 bits per heavy atom. The Kier molecular flexibility index (Phi) is 6.29. The maximum atomic E-state index is 13.0. The van der Waals surface area contributed by atoms with Gasteiger partial charge in [-0.25, -0.2) is 9.18 Å². The van der Waals surface area contributed by atoms with E-state index in [1.54, 1.807) is 32.4 Å². The van der Waals surface area contributed by atoms with Gasteiger partial charge < -0.3 is 18.8 Å². The molecule has 29 heavy (non-hydrogen) atoms. The van der Waals surface area contributed by atoms with E-state index in [1.807, 2.05) is 24.3 Å². The molecule has 0 N–H and O–H groups in total. The highest BCUT2D eigenvalue weighted by Crippen LogP contribution is 2.23. The molecular weight excluding hydrogens is 377 g/mol. The number of carbonyl (C=O) groups is 2. The molecule has 0 spiro atoms. The minimum Gasteiger partial charge on any atom is -0.497 e. The van der Waals surface area contributed by atoms with Gasteiger partial charge in [-0.15, -0.1) is 0 Å². The quantitative estimate of drug-likeness (QED) is 0.566. The van der Waals surface area contributed by atoms with Crippen molar-refractivity contribution in [1.82, 2.24) is 4.90 Å². The zero-order valence-corrected chi connectivity index (χ0v) is 16.1. The number of benzene rings is 2. The second kappa shape index (κ2) is 9.05. The summed E-state index contributed by atoms with van der Waals surface area (Å²) in [5.41, 5.74) is 1.51. The normalized spacial score (nSPS) is 10.4. The minimum atomic E-state index is -0.749. The van der Waals surface area contributed by atoms with Crippen molar-refractivity contribution in [2.24, 2.45) is 0 Å². The average molecular weight is 397 g/mol. The van der Waals surface area contributed by atoms with Crippen LogP contribution in [0, 0.1) is 5.82 Å². The lowest BCUT2D eigenvalue weighted by Crippen LogP contribution is -2.30. The van der Waals surface area contributed by atoms with E-state index in [-0.39, 0.29) is 17.5 Å². The van der Waals surface area contributed by atoms with E-state index < -0.39 is 12.6 Å². The van der Waals surface area contributed by atoms with Crippen molar-refractivity contribution in [3.8, 4) is 17.1 Å². The SMILES string of the molecule is COc1cccc(CN(C)C(=O)COC(=O)c2ccc(-c3ccc(F)cc3)o2)c1. The number of nitrogens with zero attached hydrogens (tertiary/aromatic N) is 1. The summed E-state index contributed by atoms with van der Waals surface area (Å²) in [6.45, 7) is -0.0606. The summed E-state index contributed by atoms with van der Waals surface area (Å²) in [6.07, 6.45) is 0. The summed E-state index contributed by atoms with van der Waals surface area (Å²) in [6, 6.07) is 16.1. The van der Waals surface area contributed by atoms with Gasteiger partial charge in [0.2, 0.25) is 5.76 Å². The maximum absolute atomic E-state index is 13.0. The van der Waals surface area contributed by atoms with Gasteiger partial charge in [0.1, 0.15) is 17.3 Å². The lowest BCUT2D eigenvalue weighted by Gasteiger charge is -2.17.